The summed E-state index contributed by atoms with van der Waals surface area (Å²) in [5.41, 5.74) is 9.11. The number of H-pyrrole nitrogens is 5. The molecule has 15 rings (SSSR count). The van der Waals surface area contributed by atoms with Gasteiger partial charge in [-0.25, -0.2) is 21.2 Å². The zero-order chi connectivity index (χ0) is 73.4. The molecule has 2 amide bonds. The zero-order valence-corrected chi connectivity index (χ0v) is 61.9. The molecule has 23 nitrogen and oxygen atoms in total. The molecule has 3 fully saturated rings. The Kier molecular flexibility index (Phi) is 24.1. The number of piperidine rings is 1. The number of hydrogen-bond donors (Lipinski definition) is 7. The zero-order valence-electron chi connectivity index (χ0n) is 56.5. The van der Waals surface area contributed by atoms with E-state index in [1.165, 1.54) is 25.3 Å². The molecule has 0 saturated carbocycles. The largest absolute Gasteiger partial charge is 0.495 e. The SMILES string of the molecule is CC(=O)N1CCC(CCC(=O)c2cc(Cl)cc3[nH]ncc23)CC1.CNC(=O)C1CCN(c2cc(Cl)cc3[nH]ncc23)C1.COc1cc(-c2cc(Cl)cc3[nH]ncc23)ccc1S(C)(=O)=O.CS(=O)(=O)c1ccc(-c2cc(Cl)cc3[nH]ncc23)c(F)c1.OC(c1cc(Cl)cc2[nH]ncc12)C1CCOCC1. The molecule has 3 saturated heterocycles. The number of carbonyl (C=O) groups excluding carboxylic acids is 3. The third kappa shape index (κ3) is 18.1. The summed E-state index contributed by atoms with van der Waals surface area (Å²) in [6, 6.07) is 26.6. The molecule has 3 aliphatic rings. The summed E-state index contributed by atoms with van der Waals surface area (Å²) in [6.07, 6.45) is 16.1. The first-order chi connectivity index (χ1) is 49.2. The fourth-order valence-corrected chi connectivity index (χ4v) is 15.6. The molecular formula is C72H73Cl5FN13O10S2. The highest BCUT2D eigenvalue weighted by Crippen LogP contribution is 2.40. The summed E-state index contributed by atoms with van der Waals surface area (Å²) >= 11 is 30.4. The van der Waals surface area contributed by atoms with E-state index in [9.17, 15) is 40.7 Å². The van der Waals surface area contributed by atoms with Crippen molar-refractivity contribution in [3.8, 4) is 28.0 Å². The van der Waals surface area contributed by atoms with Crippen LogP contribution in [0.5, 0.6) is 5.75 Å². The second-order valence-corrected chi connectivity index (χ2v) is 31.5. The first kappa shape index (κ1) is 75.5. The Hall–Kier alpha value is -8.70. The molecule has 8 heterocycles. The van der Waals surface area contributed by atoms with Crippen molar-refractivity contribution in [3.63, 3.8) is 0 Å². The number of benzene rings is 7. The molecule has 12 aromatic rings. The van der Waals surface area contributed by atoms with Crippen LogP contribution in [-0.2, 0) is 34.0 Å². The summed E-state index contributed by atoms with van der Waals surface area (Å²) in [7, 11) is -3.68. The maximum Gasteiger partial charge on any atom is 0.224 e. The van der Waals surface area contributed by atoms with E-state index in [1.807, 2.05) is 35.2 Å². The molecule has 7 N–H and O–H groups in total. The molecule has 2 atom stereocenters. The van der Waals surface area contributed by atoms with Gasteiger partial charge in [0.2, 0.25) is 11.8 Å². The summed E-state index contributed by atoms with van der Waals surface area (Å²) in [5, 5.41) is 54.8. The monoisotopic (exact) mass is 1540 g/mol. The number of rotatable bonds is 13. The summed E-state index contributed by atoms with van der Waals surface area (Å²) in [6.45, 7) is 6.24. The smallest absolute Gasteiger partial charge is 0.224 e. The van der Waals surface area contributed by atoms with Crippen LogP contribution in [0.25, 0.3) is 76.8 Å². The molecular weight excluding hydrogens is 1470 g/mol. The number of likely N-dealkylation sites (tertiary alicyclic amines) is 1. The Morgan fingerprint density at radius 2 is 1.15 bits per heavy atom. The summed E-state index contributed by atoms with van der Waals surface area (Å²) in [5.74, 6) is 0.816. The number of ether oxygens (including phenoxy) is 2. The van der Waals surface area contributed by atoms with Crippen LogP contribution in [0.15, 0.2) is 138 Å². The topological polar surface area (TPSA) is 320 Å². The van der Waals surface area contributed by atoms with Gasteiger partial charge in [0.05, 0.1) is 82.6 Å². The van der Waals surface area contributed by atoms with Crippen molar-refractivity contribution in [2.24, 2.45) is 17.8 Å². The molecule has 0 bridgehead atoms. The lowest BCUT2D eigenvalue weighted by atomic mass is 9.88. The van der Waals surface area contributed by atoms with Crippen LogP contribution in [0.2, 0.25) is 25.1 Å². The van der Waals surface area contributed by atoms with Crippen molar-refractivity contribution >= 4 is 155 Å². The van der Waals surface area contributed by atoms with Crippen LogP contribution in [0.3, 0.4) is 0 Å². The van der Waals surface area contributed by atoms with E-state index in [0.717, 1.165) is 162 Å². The van der Waals surface area contributed by atoms with E-state index in [1.54, 1.807) is 87.4 Å². The van der Waals surface area contributed by atoms with Crippen molar-refractivity contribution in [3.05, 3.63) is 170 Å². The number of aliphatic hydroxyl groups excluding tert-OH is 1. The number of amides is 2. The van der Waals surface area contributed by atoms with Gasteiger partial charge in [0, 0.05) is 141 Å². The average molecular weight is 1540 g/mol. The van der Waals surface area contributed by atoms with Gasteiger partial charge in [-0.1, -0.05) is 70.1 Å². The van der Waals surface area contributed by atoms with Gasteiger partial charge in [-0.2, -0.15) is 25.5 Å². The Labute approximate surface area is 617 Å². The van der Waals surface area contributed by atoms with E-state index in [4.69, 9.17) is 67.5 Å². The highest BCUT2D eigenvalue weighted by Gasteiger charge is 2.30. The molecule has 5 aromatic heterocycles. The van der Waals surface area contributed by atoms with Crippen molar-refractivity contribution < 1.29 is 50.2 Å². The van der Waals surface area contributed by atoms with Gasteiger partial charge < -0.3 is 29.7 Å². The molecule has 2 unspecified atom stereocenters. The lowest BCUT2D eigenvalue weighted by molar-refractivity contribution is -0.130. The normalized spacial score (nSPS) is 15.4. The number of anilines is 1. The quantitative estimate of drug-likeness (QED) is 0.0528. The number of nitrogens with zero attached hydrogens (tertiary/aromatic N) is 7. The Bertz CT molecular complexity index is 5330. The standard InChI is InChI=1S/C17H20ClN3O2.C15H13ClN2O3S.C14H10ClFN2O2S.C13H15ClN4O.C13H15ClN2O2/c1-11(22)21-6-4-12(5-7-21)2-3-17(23)14-8-13(18)9-16-15(14)10-19-20-16;1-21-14-5-9(3-4-15(14)22(2,19)20)11-6-10(16)7-13-12(11)8-17-18-13;1-21(19,20)9-2-3-10(13(16)6-9)11-4-8(15)5-14-12(11)7-17-18-14;1-15-13(19)8-2-3-18(7-8)12-5-9(14)4-11-10(12)6-16-17-11;14-9-5-10(11-7-15-16-12(11)6-9)13(17)8-1-3-18-4-2-8/h8-10,12H,2-7H2,1H3,(H,19,20);3-8H,1-2H3,(H,17,18);2-7H,1H3,(H,17,18);4-6,8H,2-3,7H2,1H3,(H,15,19)(H,16,17);5-8,13,17H,1-4H2,(H,15,16). The number of sulfone groups is 2. The average Bonchev–Trinajstić information content (AvgIpc) is 1.78. The van der Waals surface area contributed by atoms with Gasteiger partial charge in [-0.3, -0.25) is 39.9 Å². The molecule has 0 radical (unpaired) electrons. The van der Waals surface area contributed by atoms with Crippen molar-refractivity contribution in [2.75, 3.05) is 71.0 Å². The van der Waals surface area contributed by atoms with E-state index in [2.05, 4.69) is 61.2 Å². The minimum atomic E-state index is -3.45. The predicted molar refractivity (Wildman–Crippen MR) is 401 cm³/mol. The number of Topliss-reactive ketones (excluding diaryl/α,β-unsaturated/α-hetero) is 1. The van der Waals surface area contributed by atoms with Crippen LogP contribution in [0, 0.1) is 23.6 Å². The number of fused-ring (bicyclic) bond motifs is 5. The third-order valence-corrected chi connectivity index (χ3v) is 21.8. The summed E-state index contributed by atoms with van der Waals surface area (Å²) < 4.78 is 71.3. The number of ketones is 1. The molecule has 540 valence electrons. The number of aromatic nitrogens is 10. The first-order valence-electron chi connectivity index (χ1n) is 32.8. The van der Waals surface area contributed by atoms with Crippen molar-refractivity contribution in [2.45, 2.75) is 67.8 Å². The van der Waals surface area contributed by atoms with Gasteiger partial charge in [-0.05, 0) is 158 Å². The van der Waals surface area contributed by atoms with Crippen molar-refractivity contribution in [1.29, 1.82) is 0 Å². The highest BCUT2D eigenvalue weighted by atomic mass is 35.5. The minimum Gasteiger partial charge on any atom is -0.495 e. The molecule has 0 spiro atoms. The fourth-order valence-electron chi connectivity index (χ4n) is 13.1. The van der Waals surface area contributed by atoms with Crippen LogP contribution < -0.4 is 15.0 Å². The van der Waals surface area contributed by atoms with Crippen LogP contribution >= 0.6 is 58.0 Å². The molecule has 3 aliphatic heterocycles. The van der Waals surface area contributed by atoms with Crippen LogP contribution in [0.1, 0.15) is 73.9 Å². The molecule has 103 heavy (non-hydrogen) atoms. The second-order valence-electron chi connectivity index (χ2n) is 25.3. The van der Waals surface area contributed by atoms with Gasteiger partial charge in [-0.15, -0.1) is 0 Å². The second kappa shape index (κ2) is 33.0. The number of hydrogen-bond acceptors (Lipinski definition) is 16. The molecule has 7 aromatic carbocycles. The molecule has 31 heteroatoms. The van der Waals surface area contributed by atoms with E-state index < -0.39 is 31.6 Å². The Morgan fingerprint density at radius 1 is 0.621 bits per heavy atom. The third-order valence-electron chi connectivity index (χ3n) is 18.5. The van der Waals surface area contributed by atoms with Gasteiger partial charge >= 0.3 is 0 Å². The Morgan fingerprint density at radius 3 is 1.72 bits per heavy atom. The van der Waals surface area contributed by atoms with Gasteiger partial charge in [0.15, 0.2) is 25.5 Å². The maximum atomic E-state index is 14.3. The number of halogens is 6. The summed E-state index contributed by atoms with van der Waals surface area (Å²) in [4.78, 5) is 39.8. The Balaban J connectivity index is 0.000000129. The van der Waals surface area contributed by atoms with Crippen LogP contribution in [-0.4, -0.2) is 161 Å². The number of carbonyl (C=O) groups is 3. The van der Waals surface area contributed by atoms with Gasteiger partial charge in [0.1, 0.15) is 16.5 Å². The number of aromatic amines is 5. The molecule has 0 aliphatic carbocycles. The lowest BCUT2D eigenvalue weighted by Crippen LogP contribution is -2.37. The van der Waals surface area contributed by atoms with E-state index in [0.29, 0.717) is 65.2 Å². The van der Waals surface area contributed by atoms with Gasteiger partial charge in [0.25, 0.3) is 0 Å². The number of methoxy groups -OCH3 is 1. The fraction of sp³-hybridized carbons (Fsp3) is 0.306. The first-order valence-corrected chi connectivity index (χ1v) is 38.4. The highest BCUT2D eigenvalue weighted by molar-refractivity contribution is 7.91. The number of aliphatic hydroxyl groups is 1. The van der Waals surface area contributed by atoms with E-state index in [-0.39, 0.29) is 44.8 Å². The lowest BCUT2D eigenvalue weighted by Gasteiger charge is -2.31. The number of nitrogens with one attached hydrogen (secondary N) is 6. The van der Waals surface area contributed by atoms with E-state index >= 15 is 0 Å². The van der Waals surface area contributed by atoms with Crippen LogP contribution in [0.4, 0.5) is 10.1 Å². The minimum absolute atomic E-state index is 0.0472. The predicted octanol–water partition coefficient (Wildman–Crippen LogP) is 14.6. The van der Waals surface area contributed by atoms with Crippen molar-refractivity contribution in [1.82, 2.24) is 61.2 Å². The maximum absolute atomic E-state index is 14.3.